The van der Waals surface area contributed by atoms with Gasteiger partial charge in [0.2, 0.25) is 0 Å². The number of benzene rings is 1. The van der Waals surface area contributed by atoms with Crippen molar-refractivity contribution in [1.82, 2.24) is 5.32 Å². The summed E-state index contributed by atoms with van der Waals surface area (Å²) in [7, 11) is 0. The Hall–Kier alpha value is -2.03. The van der Waals surface area contributed by atoms with Gasteiger partial charge in [-0.3, -0.25) is 4.79 Å². The summed E-state index contributed by atoms with van der Waals surface area (Å²) >= 11 is 5.99. The Morgan fingerprint density at radius 1 is 1.41 bits per heavy atom. The highest BCUT2D eigenvalue weighted by atomic mass is 35.5. The summed E-state index contributed by atoms with van der Waals surface area (Å²) in [6.07, 6.45) is 3.92. The molecule has 0 aliphatic heterocycles. The van der Waals surface area contributed by atoms with Gasteiger partial charge in [-0.15, -0.1) is 0 Å². The van der Waals surface area contributed by atoms with E-state index in [1.807, 2.05) is 13.0 Å². The van der Waals surface area contributed by atoms with Crippen LogP contribution in [0.5, 0.6) is 0 Å². The minimum Gasteiger partial charge on any atom is -0.396 e. The molecule has 0 atom stereocenters. The maximum Gasteiger partial charge on any atom is 0.267 e. The third kappa shape index (κ3) is 6.17. The van der Waals surface area contributed by atoms with Gasteiger partial charge in [0.25, 0.3) is 5.91 Å². The summed E-state index contributed by atoms with van der Waals surface area (Å²) in [4.78, 5) is 12.0. The van der Waals surface area contributed by atoms with E-state index in [4.69, 9.17) is 22.0 Å². The molecule has 1 rings (SSSR count). The number of aliphatic hydroxyl groups is 1. The fraction of sp³-hybridized carbons (Fsp3) is 0.375. The fourth-order valence-electron chi connectivity index (χ4n) is 1.71. The van der Waals surface area contributed by atoms with Crippen LogP contribution < -0.4 is 10.6 Å². The van der Waals surface area contributed by atoms with Crippen molar-refractivity contribution in [1.29, 1.82) is 5.26 Å². The van der Waals surface area contributed by atoms with Gasteiger partial charge in [0.1, 0.15) is 11.6 Å². The van der Waals surface area contributed by atoms with Crippen LogP contribution in [0.2, 0.25) is 5.02 Å². The molecule has 1 aromatic rings. The second-order valence-electron chi connectivity index (χ2n) is 4.83. The number of hydrogen-bond donors (Lipinski definition) is 3. The lowest BCUT2D eigenvalue weighted by molar-refractivity contribution is -0.112. The third-order valence-corrected chi connectivity index (χ3v) is 3.43. The minimum atomic E-state index is -0.481. The van der Waals surface area contributed by atoms with Gasteiger partial charge in [0, 0.05) is 30.1 Å². The molecule has 1 amide bonds. The summed E-state index contributed by atoms with van der Waals surface area (Å²) < 4.78 is 0. The second kappa shape index (κ2) is 9.82. The Balaban J connectivity index is 2.53. The zero-order valence-electron chi connectivity index (χ0n) is 12.5. The second-order valence-corrected chi connectivity index (χ2v) is 5.23. The molecule has 0 bridgehead atoms. The standard InChI is InChI=1S/C16H20ClN3O2/c1-12-5-6-14(9-15(12)17)20-16(22)13(10-18)11-19-7-3-2-4-8-21/h5-6,9,11,19,21H,2-4,7-8H2,1H3,(H,20,22)/b13-11-. The molecule has 5 nitrogen and oxygen atoms in total. The van der Waals surface area contributed by atoms with Crippen molar-refractivity contribution in [2.24, 2.45) is 0 Å². The van der Waals surface area contributed by atoms with Gasteiger partial charge in [-0.2, -0.15) is 5.26 Å². The highest BCUT2D eigenvalue weighted by Crippen LogP contribution is 2.20. The molecule has 0 saturated carbocycles. The number of anilines is 1. The molecule has 0 saturated heterocycles. The zero-order chi connectivity index (χ0) is 16.4. The van der Waals surface area contributed by atoms with Crippen LogP contribution in [0, 0.1) is 18.3 Å². The highest BCUT2D eigenvalue weighted by Gasteiger charge is 2.09. The smallest absolute Gasteiger partial charge is 0.267 e. The number of nitrogens with zero attached hydrogens (tertiary/aromatic N) is 1. The molecule has 6 heteroatoms. The number of aryl methyl sites for hydroxylation is 1. The van der Waals surface area contributed by atoms with Crippen molar-refractivity contribution in [2.45, 2.75) is 26.2 Å². The summed E-state index contributed by atoms with van der Waals surface area (Å²) in [6, 6.07) is 7.04. The van der Waals surface area contributed by atoms with E-state index < -0.39 is 5.91 Å². The number of aliphatic hydroxyl groups excluding tert-OH is 1. The van der Waals surface area contributed by atoms with Gasteiger partial charge >= 0.3 is 0 Å². The first-order chi connectivity index (χ1) is 10.6. The third-order valence-electron chi connectivity index (χ3n) is 3.02. The monoisotopic (exact) mass is 321 g/mol. The first-order valence-corrected chi connectivity index (χ1v) is 7.48. The Morgan fingerprint density at radius 3 is 2.82 bits per heavy atom. The molecule has 0 heterocycles. The van der Waals surface area contributed by atoms with Crippen LogP contribution in [0.3, 0.4) is 0 Å². The number of nitrogens with one attached hydrogen (secondary N) is 2. The molecule has 0 aliphatic rings. The van der Waals surface area contributed by atoms with E-state index in [1.54, 1.807) is 18.2 Å². The van der Waals surface area contributed by atoms with E-state index >= 15 is 0 Å². The lowest BCUT2D eigenvalue weighted by Crippen LogP contribution is -2.17. The highest BCUT2D eigenvalue weighted by molar-refractivity contribution is 6.31. The topological polar surface area (TPSA) is 85.2 Å². The van der Waals surface area contributed by atoms with Crippen molar-refractivity contribution in [3.63, 3.8) is 0 Å². The predicted molar refractivity (Wildman–Crippen MR) is 87.5 cm³/mol. The lowest BCUT2D eigenvalue weighted by atomic mass is 10.2. The largest absolute Gasteiger partial charge is 0.396 e. The number of amides is 1. The number of hydrogen-bond acceptors (Lipinski definition) is 4. The summed E-state index contributed by atoms with van der Waals surface area (Å²) in [5, 5.41) is 23.8. The lowest BCUT2D eigenvalue weighted by Gasteiger charge is -2.06. The predicted octanol–water partition coefficient (Wildman–Crippen LogP) is 2.75. The Bertz CT molecular complexity index is 579. The normalized spacial score (nSPS) is 10.9. The van der Waals surface area contributed by atoms with Crippen molar-refractivity contribution >= 4 is 23.2 Å². The van der Waals surface area contributed by atoms with Crippen molar-refractivity contribution in [3.8, 4) is 6.07 Å². The van der Waals surface area contributed by atoms with Gasteiger partial charge in [-0.25, -0.2) is 0 Å². The molecule has 0 spiro atoms. The van der Waals surface area contributed by atoms with E-state index in [-0.39, 0.29) is 12.2 Å². The number of unbranched alkanes of at least 4 members (excludes halogenated alkanes) is 2. The number of nitriles is 1. The Kier molecular flexibility index (Phi) is 8.05. The molecule has 0 radical (unpaired) electrons. The number of halogens is 1. The van der Waals surface area contributed by atoms with Gasteiger partial charge in [0.05, 0.1) is 0 Å². The van der Waals surface area contributed by atoms with E-state index in [9.17, 15) is 4.79 Å². The first kappa shape index (κ1) is 18.0. The van der Waals surface area contributed by atoms with Crippen molar-refractivity contribution in [2.75, 3.05) is 18.5 Å². The SMILES string of the molecule is Cc1ccc(NC(=O)/C(C#N)=C\NCCCCCO)cc1Cl. The van der Waals surface area contributed by atoms with Crippen LogP contribution in [-0.2, 0) is 4.79 Å². The van der Waals surface area contributed by atoms with E-state index in [1.165, 1.54) is 6.20 Å². The molecular weight excluding hydrogens is 302 g/mol. The zero-order valence-corrected chi connectivity index (χ0v) is 13.3. The first-order valence-electron chi connectivity index (χ1n) is 7.10. The maximum absolute atomic E-state index is 12.0. The van der Waals surface area contributed by atoms with Crippen LogP contribution >= 0.6 is 11.6 Å². The summed E-state index contributed by atoms with van der Waals surface area (Å²) in [6.45, 7) is 2.70. The number of carbonyl (C=O) groups excluding carboxylic acids is 1. The quantitative estimate of drug-likeness (QED) is 0.390. The Morgan fingerprint density at radius 2 is 2.18 bits per heavy atom. The van der Waals surface area contributed by atoms with Crippen molar-refractivity contribution < 1.29 is 9.90 Å². The average molecular weight is 322 g/mol. The molecule has 22 heavy (non-hydrogen) atoms. The van der Waals surface area contributed by atoms with Gasteiger partial charge < -0.3 is 15.7 Å². The molecule has 0 fully saturated rings. The van der Waals surface area contributed by atoms with Crippen LogP contribution in [0.25, 0.3) is 0 Å². The molecule has 1 aromatic carbocycles. The summed E-state index contributed by atoms with van der Waals surface area (Å²) in [5.74, 6) is -0.481. The van der Waals surface area contributed by atoms with Gasteiger partial charge in [-0.1, -0.05) is 17.7 Å². The fourth-order valence-corrected chi connectivity index (χ4v) is 1.89. The molecule has 0 aliphatic carbocycles. The van der Waals surface area contributed by atoms with E-state index in [2.05, 4.69) is 10.6 Å². The molecular formula is C16H20ClN3O2. The van der Waals surface area contributed by atoms with Gasteiger partial charge in [-0.05, 0) is 43.9 Å². The van der Waals surface area contributed by atoms with E-state index in [0.717, 1.165) is 24.8 Å². The average Bonchev–Trinajstić information content (AvgIpc) is 2.50. The Labute approximate surface area is 135 Å². The molecule has 118 valence electrons. The van der Waals surface area contributed by atoms with Crippen LogP contribution in [-0.4, -0.2) is 24.2 Å². The molecule has 0 aromatic heterocycles. The summed E-state index contributed by atoms with van der Waals surface area (Å²) in [5.41, 5.74) is 1.46. The van der Waals surface area contributed by atoms with E-state index in [0.29, 0.717) is 17.3 Å². The van der Waals surface area contributed by atoms with Crippen LogP contribution in [0.15, 0.2) is 30.0 Å². The number of rotatable bonds is 8. The van der Waals surface area contributed by atoms with Gasteiger partial charge in [0.15, 0.2) is 0 Å². The molecule has 3 N–H and O–H groups in total. The minimum absolute atomic E-state index is 0.00106. The van der Waals surface area contributed by atoms with Crippen LogP contribution in [0.4, 0.5) is 5.69 Å². The number of carbonyl (C=O) groups is 1. The van der Waals surface area contributed by atoms with Crippen molar-refractivity contribution in [3.05, 3.63) is 40.6 Å². The molecule has 0 unspecified atom stereocenters. The maximum atomic E-state index is 12.0. The van der Waals surface area contributed by atoms with Crippen LogP contribution in [0.1, 0.15) is 24.8 Å².